The van der Waals surface area contributed by atoms with Gasteiger partial charge >= 0.3 is 0 Å². The molecule has 1 aliphatic rings. The normalized spacial score (nSPS) is 22.5. The highest BCUT2D eigenvalue weighted by molar-refractivity contribution is 9.10. The molecule has 0 spiro atoms. The Hall–Kier alpha value is -0.940. The topological polar surface area (TPSA) is 41.1 Å². The van der Waals surface area contributed by atoms with Gasteiger partial charge in [0.2, 0.25) is 5.91 Å². The lowest BCUT2D eigenvalue weighted by molar-refractivity contribution is -0.124. The minimum absolute atomic E-state index is 0.0154. The van der Waals surface area contributed by atoms with Gasteiger partial charge in [-0.15, -0.1) is 0 Å². The van der Waals surface area contributed by atoms with Crippen molar-refractivity contribution in [2.45, 2.75) is 26.7 Å². The largest absolute Gasteiger partial charge is 0.325 e. The van der Waals surface area contributed by atoms with Gasteiger partial charge in [0.25, 0.3) is 0 Å². The fourth-order valence-electron chi connectivity index (χ4n) is 2.44. The van der Waals surface area contributed by atoms with E-state index in [-0.39, 0.29) is 17.1 Å². The van der Waals surface area contributed by atoms with E-state index < -0.39 is 0 Å². The van der Waals surface area contributed by atoms with Gasteiger partial charge in [-0.25, -0.2) is 4.39 Å². The second-order valence-electron chi connectivity index (χ2n) is 5.10. The standard InChI is InChI=1S/C14H18BrFN2O/c1-3-14(4-5-17-8-14)13(19)18-12-7-10(15)11(16)6-9(12)2/h6-7,17H,3-5,8H2,1-2H3,(H,18,19). The minimum Gasteiger partial charge on any atom is -0.325 e. The van der Waals surface area contributed by atoms with Crippen LogP contribution in [0.2, 0.25) is 0 Å². The van der Waals surface area contributed by atoms with Crippen LogP contribution >= 0.6 is 15.9 Å². The first-order valence-electron chi connectivity index (χ1n) is 6.46. The molecule has 3 nitrogen and oxygen atoms in total. The van der Waals surface area contributed by atoms with Gasteiger partial charge in [0.15, 0.2) is 0 Å². The van der Waals surface area contributed by atoms with Gasteiger partial charge in [-0.1, -0.05) is 6.92 Å². The summed E-state index contributed by atoms with van der Waals surface area (Å²) in [4.78, 5) is 12.5. The molecule has 1 aromatic rings. The van der Waals surface area contributed by atoms with Crippen molar-refractivity contribution in [3.05, 3.63) is 28.0 Å². The maximum atomic E-state index is 13.4. The Bertz CT molecular complexity index is 498. The summed E-state index contributed by atoms with van der Waals surface area (Å²) in [7, 11) is 0. The summed E-state index contributed by atoms with van der Waals surface area (Å²) in [6.07, 6.45) is 1.64. The molecular weight excluding hydrogens is 311 g/mol. The summed E-state index contributed by atoms with van der Waals surface area (Å²) in [5, 5.41) is 6.17. The van der Waals surface area contributed by atoms with Crippen LogP contribution in [0.25, 0.3) is 0 Å². The summed E-state index contributed by atoms with van der Waals surface area (Å²) >= 11 is 3.15. The van der Waals surface area contributed by atoms with Crippen molar-refractivity contribution in [3.63, 3.8) is 0 Å². The van der Waals surface area contributed by atoms with Crippen LogP contribution in [0.4, 0.5) is 10.1 Å². The summed E-state index contributed by atoms with van der Waals surface area (Å²) in [6, 6.07) is 3.04. The first kappa shape index (κ1) is 14.5. The molecule has 1 unspecified atom stereocenters. The zero-order chi connectivity index (χ0) is 14.0. The predicted molar refractivity (Wildman–Crippen MR) is 77.7 cm³/mol. The predicted octanol–water partition coefficient (Wildman–Crippen LogP) is 3.22. The Morgan fingerprint density at radius 3 is 2.89 bits per heavy atom. The molecule has 19 heavy (non-hydrogen) atoms. The fourth-order valence-corrected chi connectivity index (χ4v) is 2.78. The smallest absolute Gasteiger partial charge is 0.231 e. The summed E-state index contributed by atoms with van der Waals surface area (Å²) in [5.41, 5.74) is 1.05. The highest BCUT2D eigenvalue weighted by Gasteiger charge is 2.39. The Labute approximate surface area is 121 Å². The van der Waals surface area contributed by atoms with Gasteiger partial charge in [-0.05, 0) is 59.9 Å². The van der Waals surface area contributed by atoms with Crippen molar-refractivity contribution >= 4 is 27.5 Å². The third kappa shape index (κ3) is 2.82. The summed E-state index contributed by atoms with van der Waals surface area (Å²) in [5.74, 6) is -0.301. The average molecular weight is 329 g/mol. The van der Waals surface area contributed by atoms with E-state index in [1.54, 1.807) is 13.0 Å². The number of hydrogen-bond acceptors (Lipinski definition) is 2. The molecule has 104 valence electrons. The molecule has 0 saturated carbocycles. The van der Waals surface area contributed by atoms with Gasteiger partial charge in [0.05, 0.1) is 9.89 Å². The van der Waals surface area contributed by atoms with Crippen molar-refractivity contribution < 1.29 is 9.18 Å². The lowest BCUT2D eigenvalue weighted by atomic mass is 9.83. The van der Waals surface area contributed by atoms with Gasteiger partial charge < -0.3 is 10.6 Å². The molecule has 0 radical (unpaired) electrons. The Morgan fingerprint density at radius 2 is 2.32 bits per heavy atom. The summed E-state index contributed by atoms with van der Waals surface area (Å²) in [6.45, 7) is 5.39. The fraction of sp³-hybridized carbons (Fsp3) is 0.500. The highest BCUT2D eigenvalue weighted by atomic mass is 79.9. The maximum Gasteiger partial charge on any atom is 0.231 e. The first-order valence-corrected chi connectivity index (χ1v) is 7.25. The van der Waals surface area contributed by atoms with Crippen LogP contribution in [-0.4, -0.2) is 19.0 Å². The zero-order valence-corrected chi connectivity index (χ0v) is 12.7. The third-order valence-electron chi connectivity index (χ3n) is 3.92. The van der Waals surface area contributed by atoms with E-state index in [1.807, 2.05) is 6.92 Å². The van der Waals surface area contributed by atoms with Crippen molar-refractivity contribution in [1.29, 1.82) is 0 Å². The molecule has 1 fully saturated rings. The van der Waals surface area contributed by atoms with Gasteiger partial charge in [0.1, 0.15) is 5.82 Å². The van der Waals surface area contributed by atoms with E-state index in [0.29, 0.717) is 16.7 Å². The van der Waals surface area contributed by atoms with E-state index >= 15 is 0 Å². The molecule has 2 rings (SSSR count). The number of benzene rings is 1. The van der Waals surface area contributed by atoms with Crippen LogP contribution in [-0.2, 0) is 4.79 Å². The van der Waals surface area contributed by atoms with Crippen LogP contribution in [0.3, 0.4) is 0 Å². The molecule has 1 aromatic carbocycles. The Balaban J connectivity index is 2.21. The number of aryl methyl sites for hydroxylation is 1. The number of carbonyl (C=O) groups is 1. The molecular formula is C14H18BrFN2O. The number of rotatable bonds is 3. The Morgan fingerprint density at radius 1 is 1.58 bits per heavy atom. The number of amides is 1. The zero-order valence-electron chi connectivity index (χ0n) is 11.1. The van der Waals surface area contributed by atoms with Crippen molar-refractivity contribution in [1.82, 2.24) is 5.32 Å². The Kier molecular flexibility index (Phi) is 4.26. The molecule has 0 aliphatic carbocycles. The molecule has 1 atom stereocenters. The van der Waals surface area contributed by atoms with Crippen LogP contribution in [0, 0.1) is 18.2 Å². The van der Waals surface area contributed by atoms with Gasteiger partial charge in [0, 0.05) is 12.2 Å². The highest BCUT2D eigenvalue weighted by Crippen LogP contribution is 2.32. The van der Waals surface area contributed by atoms with Crippen LogP contribution in [0.15, 0.2) is 16.6 Å². The van der Waals surface area contributed by atoms with E-state index in [4.69, 9.17) is 0 Å². The monoisotopic (exact) mass is 328 g/mol. The molecule has 2 N–H and O–H groups in total. The number of carbonyl (C=O) groups excluding carboxylic acids is 1. The van der Waals surface area contributed by atoms with E-state index in [9.17, 15) is 9.18 Å². The third-order valence-corrected chi connectivity index (χ3v) is 4.53. The molecule has 5 heteroatoms. The second kappa shape index (κ2) is 5.59. The lowest BCUT2D eigenvalue weighted by Gasteiger charge is -2.25. The van der Waals surface area contributed by atoms with E-state index in [1.165, 1.54) is 6.07 Å². The summed E-state index contributed by atoms with van der Waals surface area (Å²) < 4.78 is 13.7. The second-order valence-corrected chi connectivity index (χ2v) is 5.95. The van der Waals surface area contributed by atoms with Crippen molar-refractivity contribution in [2.75, 3.05) is 18.4 Å². The molecule has 1 heterocycles. The average Bonchev–Trinajstić information content (AvgIpc) is 2.86. The molecule has 0 bridgehead atoms. The number of nitrogens with one attached hydrogen (secondary N) is 2. The van der Waals surface area contributed by atoms with Crippen LogP contribution in [0.1, 0.15) is 25.3 Å². The first-order chi connectivity index (χ1) is 8.98. The number of hydrogen-bond donors (Lipinski definition) is 2. The molecule has 0 aromatic heterocycles. The van der Waals surface area contributed by atoms with Crippen molar-refractivity contribution in [3.8, 4) is 0 Å². The number of halogens is 2. The minimum atomic E-state index is -0.340. The molecule has 1 aliphatic heterocycles. The van der Waals surface area contributed by atoms with Gasteiger partial charge in [-0.2, -0.15) is 0 Å². The maximum absolute atomic E-state index is 13.4. The van der Waals surface area contributed by atoms with Gasteiger partial charge in [-0.3, -0.25) is 4.79 Å². The lowest BCUT2D eigenvalue weighted by Crippen LogP contribution is -2.37. The van der Waals surface area contributed by atoms with E-state index in [0.717, 1.165) is 24.9 Å². The van der Waals surface area contributed by atoms with Crippen LogP contribution in [0.5, 0.6) is 0 Å². The quantitative estimate of drug-likeness (QED) is 0.894. The van der Waals surface area contributed by atoms with Crippen LogP contribution < -0.4 is 10.6 Å². The van der Waals surface area contributed by atoms with E-state index in [2.05, 4.69) is 26.6 Å². The SMILES string of the molecule is CCC1(C(=O)Nc2cc(Br)c(F)cc2C)CCNC1. The molecule has 1 saturated heterocycles. The molecule has 1 amide bonds. The van der Waals surface area contributed by atoms with Crippen molar-refractivity contribution in [2.24, 2.45) is 5.41 Å². The number of anilines is 1.